The van der Waals surface area contributed by atoms with Crippen LogP contribution in [0.15, 0.2) is 12.1 Å². The van der Waals surface area contributed by atoms with Crippen LogP contribution in [0.3, 0.4) is 0 Å². The van der Waals surface area contributed by atoms with Gasteiger partial charge in [-0.1, -0.05) is 0 Å². The van der Waals surface area contributed by atoms with E-state index in [-0.39, 0.29) is 13.4 Å². The van der Waals surface area contributed by atoms with E-state index in [4.69, 9.17) is 25.1 Å². The molecule has 0 saturated heterocycles. The third-order valence-corrected chi connectivity index (χ3v) is 2.33. The summed E-state index contributed by atoms with van der Waals surface area (Å²) >= 11 is 0. The molecule has 0 aliphatic carbocycles. The zero-order valence-electron chi connectivity index (χ0n) is 8.40. The largest absolute Gasteiger partial charge is 0.496 e. The molecule has 82 valence electrons. The average molecular weight is 211 g/mol. The van der Waals surface area contributed by atoms with Crippen molar-refractivity contribution in [1.29, 1.82) is 0 Å². The SMILES string of the molecule is COc1ccc2c(c1C(N)CO)OCO2. The van der Waals surface area contributed by atoms with E-state index in [9.17, 15) is 0 Å². The lowest BCUT2D eigenvalue weighted by Gasteiger charge is -2.15. The van der Waals surface area contributed by atoms with E-state index in [2.05, 4.69) is 0 Å². The van der Waals surface area contributed by atoms with Gasteiger partial charge in [0.2, 0.25) is 6.79 Å². The minimum absolute atomic E-state index is 0.170. The minimum Gasteiger partial charge on any atom is -0.496 e. The number of benzene rings is 1. The number of methoxy groups -OCH3 is 1. The predicted octanol–water partition coefficient (Wildman–Crippen LogP) is 0.416. The van der Waals surface area contributed by atoms with Crippen LogP contribution in [-0.4, -0.2) is 25.6 Å². The van der Waals surface area contributed by atoms with E-state index in [1.807, 2.05) is 0 Å². The first kappa shape index (κ1) is 10.1. The Bertz CT molecular complexity index is 367. The van der Waals surface area contributed by atoms with E-state index in [1.54, 1.807) is 19.2 Å². The zero-order valence-corrected chi connectivity index (χ0v) is 8.40. The molecule has 15 heavy (non-hydrogen) atoms. The van der Waals surface area contributed by atoms with Gasteiger partial charge in [-0.15, -0.1) is 0 Å². The number of fused-ring (bicyclic) bond motifs is 1. The van der Waals surface area contributed by atoms with Gasteiger partial charge in [-0.25, -0.2) is 0 Å². The van der Waals surface area contributed by atoms with Crippen molar-refractivity contribution in [3.05, 3.63) is 17.7 Å². The van der Waals surface area contributed by atoms with Crippen LogP contribution >= 0.6 is 0 Å². The van der Waals surface area contributed by atoms with Crippen molar-refractivity contribution in [2.24, 2.45) is 5.73 Å². The van der Waals surface area contributed by atoms with Gasteiger partial charge in [0.05, 0.1) is 25.3 Å². The summed E-state index contributed by atoms with van der Waals surface area (Å²) in [5.41, 5.74) is 6.43. The lowest BCUT2D eigenvalue weighted by molar-refractivity contribution is 0.171. The molecule has 1 aromatic carbocycles. The highest BCUT2D eigenvalue weighted by atomic mass is 16.7. The summed E-state index contributed by atoms with van der Waals surface area (Å²) < 4.78 is 15.7. The maximum atomic E-state index is 9.06. The van der Waals surface area contributed by atoms with Crippen LogP contribution in [0.25, 0.3) is 0 Å². The monoisotopic (exact) mass is 211 g/mol. The normalized spacial score (nSPS) is 15.1. The van der Waals surface area contributed by atoms with E-state index in [1.165, 1.54) is 0 Å². The molecule has 1 aliphatic heterocycles. The first-order chi connectivity index (χ1) is 7.27. The van der Waals surface area contributed by atoms with Crippen molar-refractivity contribution in [2.45, 2.75) is 6.04 Å². The van der Waals surface area contributed by atoms with Crippen molar-refractivity contribution in [3.63, 3.8) is 0 Å². The van der Waals surface area contributed by atoms with Gasteiger partial charge in [0.15, 0.2) is 11.5 Å². The number of rotatable bonds is 3. The zero-order chi connectivity index (χ0) is 10.8. The van der Waals surface area contributed by atoms with Crippen LogP contribution in [0.1, 0.15) is 11.6 Å². The summed E-state index contributed by atoms with van der Waals surface area (Å²) in [4.78, 5) is 0. The Morgan fingerprint density at radius 3 is 3.00 bits per heavy atom. The molecule has 2 rings (SSSR count). The number of hydrogen-bond donors (Lipinski definition) is 2. The van der Waals surface area contributed by atoms with Crippen molar-refractivity contribution in [2.75, 3.05) is 20.5 Å². The van der Waals surface area contributed by atoms with Gasteiger partial charge in [0.1, 0.15) is 5.75 Å². The van der Waals surface area contributed by atoms with E-state index in [0.29, 0.717) is 22.8 Å². The van der Waals surface area contributed by atoms with Gasteiger partial charge in [-0.3, -0.25) is 0 Å². The Balaban J connectivity index is 2.52. The second-order valence-electron chi connectivity index (χ2n) is 3.20. The quantitative estimate of drug-likeness (QED) is 0.757. The first-order valence-electron chi connectivity index (χ1n) is 4.61. The summed E-state index contributed by atoms with van der Waals surface area (Å²) in [7, 11) is 1.55. The fourth-order valence-corrected chi connectivity index (χ4v) is 1.60. The molecule has 5 heteroatoms. The van der Waals surface area contributed by atoms with Gasteiger partial charge >= 0.3 is 0 Å². The standard InChI is InChI=1S/C10H13NO4/c1-13-7-2-3-8-10(15-5-14-8)9(7)6(11)4-12/h2-3,6,12H,4-5,11H2,1H3. The Morgan fingerprint density at radius 2 is 2.33 bits per heavy atom. The number of ether oxygens (including phenoxy) is 3. The topological polar surface area (TPSA) is 73.9 Å². The fourth-order valence-electron chi connectivity index (χ4n) is 1.60. The molecule has 0 radical (unpaired) electrons. The van der Waals surface area contributed by atoms with Crippen LogP contribution in [0.2, 0.25) is 0 Å². The van der Waals surface area contributed by atoms with Crippen molar-refractivity contribution >= 4 is 0 Å². The van der Waals surface area contributed by atoms with E-state index >= 15 is 0 Å². The van der Waals surface area contributed by atoms with Gasteiger partial charge in [-0.05, 0) is 12.1 Å². The molecular formula is C10H13NO4. The Kier molecular flexibility index (Phi) is 2.66. The molecule has 1 unspecified atom stereocenters. The van der Waals surface area contributed by atoms with Crippen LogP contribution in [0, 0.1) is 0 Å². The molecule has 0 spiro atoms. The van der Waals surface area contributed by atoms with Crippen LogP contribution in [-0.2, 0) is 0 Å². The molecule has 5 nitrogen and oxygen atoms in total. The summed E-state index contributed by atoms with van der Waals surface area (Å²) in [6.45, 7) is 0.00379. The molecule has 3 N–H and O–H groups in total. The second kappa shape index (κ2) is 3.96. The Labute approximate surface area is 87.4 Å². The summed E-state index contributed by atoms with van der Waals surface area (Å²) in [5.74, 6) is 1.80. The van der Waals surface area contributed by atoms with Gasteiger partial charge in [0, 0.05) is 0 Å². The second-order valence-corrected chi connectivity index (χ2v) is 3.20. The molecule has 1 atom stereocenters. The minimum atomic E-state index is -0.531. The van der Waals surface area contributed by atoms with Gasteiger partial charge in [-0.2, -0.15) is 0 Å². The molecule has 0 aromatic heterocycles. The summed E-state index contributed by atoms with van der Waals surface area (Å²) in [6.07, 6.45) is 0. The third kappa shape index (κ3) is 1.60. The van der Waals surface area contributed by atoms with Crippen molar-refractivity contribution < 1.29 is 19.3 Å². The number of aliphatic hydroxyl groups excluding tert-OH is 1. The van der Waals surface area contributed by atoms with Gasteiger partial charge in [0.25, 0.3) is 0 Å². The summed E-state index contributed by atoms with van der Waals surface area (Å²) in [5, 5.41) is 9.06. The van der Waals surface area contributed by atoms with E-state index in [0.717, 1.165) is 0 Å². The fraction of sp³-hybridized carbons (Fsp3) is 0.400. The molecule has 0 fully saturated rings. The van der Waals surface area contributed by atoms with E-state index < -0.39 is 6.04 Å². The number of nitrogens with two attached hydrogens (primary N) is 1. The maximum absolute atomic E-state index is 9.06. The highest BCUT2D eigenvalue weighted by molar-refractivity contribution is 5.56. The molecule has 0 saturated carbocycles. The maximum Gasteiger partial charge on any atom is 0.231 e. The Hall–Kier alpha value is -1.46. The molecule has 0 bridgehead atoms. The van der Waals surface area contributed by atoms with Gasteiger partial charge < -0.3 is 25.1 Å². The molecule has 1 aromatic rings. The van der Waals surface area contributed by atoms with Crippen molar-refractivity contribution in [1.82, 2.24) is 0 Å². The number of aliphatic hydroxyl groups is 1. The smallest absolute Gasteiger partial charge is 0.231 e. The van der Waals surface area contributed by atoms with Crippen LogP contribution < -0.4 is 19.9 Å². The molecule has 0 amide bonds. The lowest BCUT2D eigenvalue weighted by atomic mass is 10.1. The molecule has 1 heterocycles. The highest BCUT2D eigenvalue weighted by Gasteiger charge is 2.25. The van der Waals surface area contributed by atoms with Crippen molar-refractivity contribution in [3.8, 4) is 17.2 Å². The first-order valence-corrected chi connectivity index (χ1v) is 4.61. The lowest BCUT2D eigenvalue weighted by Crippen LogP contribution is -2.16. The van der Waals surface area contributed by atoms with Crippen LogP contribution in [0.4, 0.5) is 0 Å². The predicted molar refractivity (Wildman–Crippen MR) is 53.1 cm³/mol. The molecule has 1 aliphatic rings. The highest BCUT2D eigenvalue weighted by Crippen LogP contribution is 2.43. The third-order valence-electron chi connectivity index (χ3n) is 2.33. The number of hydrogen-bond acceptors (Lipinski definition) is 5. The molecular weight excluding hydrogens is 198 g/mol. The summed E-state index contributed by atoms with van der Waals surface area (Å²) in [6, 6.07) is 2.98. The Morgan fingerprint density at radius 1 is 1.53 bits per heavy atom. The van der Waals surface area contributed by atoms with Crippen LogP contribution in [0.5, 0.6) is 17.2 Å². The average Bonchev–Trinajstić information content (AvgIpc) is 2.74.